The van der Waals surface area contributed by atoms with Crippen molar-refractivity contribution in [2.75, 3.05) is 5.32 Å². The van der Waals surface area contributed by atoms with Gasteiger partial charge in [0.05, 0.1) is 0 Å². The molecule has 0 amide bonds. The summed E-state index contributed by atoms with van der Waals surface area (Å²) in [7, 11) is 0. The summed E-state index contributed by atoms with van der Waals surface area (Å²) in [6, 6.07) is 34.3. The Balaban J connectivity index is 1.52. The van der Waals surface area contributed by atoms with Crippen molar-refractivity contribution >= 4 is 11.4 Å². The van der Waals surface area contributed by atoms with Crippen LogP contribution in [-0.2, 0) is 0 Å². The van der Waals surface area contributed by atoms with Crippen molar-refractivity contribution in [1.82, 2.24) is 0 Å². The lowest BCUT2D eigenvalue weighted by Crippen LogP contribution is -1.93. The van der Waals surface area contributed by atoms with Crippen molar-refractivity contribution in [2.45, 2.75) is 13.8 Å². The Hall–Kier alpha value is -3.32. The molecule has 0 aromatic heterocycles. The maximum Gasteiger partial charge on any atom is 0.0414 e. The van der Waals surface area contributed by atoms with Crippen LogP contribution in [0.5, 0.6) is 0 Å². The molecule has 0 fully saturated rings. The number of hydrogen-bond acceptors (Lipinski definition) is 1. The summed E-state index contributed by atoms with van der Waals surface area (Å²) in [5.41, 5.74) is 9.74. The lowest BCUT2D eigenvalue weighted by Gasteiger charge is -2.11. The summed E-state index contributed by atoms with van der Waals surface area (Å²) in [6.45, 7) is 4.26. The molecule has 27 heavy (non-hydrogen) atoms. The Morgan fingerprint density at radius 3 is 1.59 bits per heavy atom. The normalized spacial score (nSPS) is 10.6. The summed E-state index contributed by atoms with van der Waals surface area (Å²) < 4.78 is 0. The fourth-order valence-electron chi connectivity index (χ4n) is 3.34. The van der Waals surface area contributed by atoms with Gasteiger partial charge in [-0.05, 0) is 59.9 Å². The summed E-state index contributed by atoms with van der Waals surface area (Å²) in [4.78, 5) is 0. The number of hydrogen-bond donors (Lipinski definition) is 1. The lowest BCUT2D eigenvalue weighted by molar-refractivity contribution is 1.37. The van der Waals surface area contributed by atoms with E-state index in [4.69, 9.17) is 0 Å². The van der Waals surface area contributed by atoms with E-state index in [0.29, 0.717) is 0 Å². The molecule has 1 heteroatoms. The smallest absolute Gasteiger partial charge is 0.0414 e. The zero-order valence-electron chi connectivity index (χ0n) is 15.7. The first kappa shape index (κ1) is 17.1. The zero-order valence-corrected chi connectivity index (χ0v) is 15.7. The van der Waals surface area contributed by atoms with Crippen molar-refractivity contribution in [3.05, 3.63) is 108 Å². The fourth-order valence-corrected chi connectivity index (χ4v) is 3.34. The van der Waals surface area contributed by atoms with Gasteiger partial charge in [0.2, 0.25) is 0 Å². The molecule has 4 rings (SSSR count). The predicted octanol–water partition coefficient (Wildman–Crippen LogP) is 7.38. The molecule has 0 aliphatic carbocycles. The molecule has 0 bridgehead atoms. The van der Waals surface area contributed by atoms with Gasteiger partial charge in [-0.25, -0.2) is 0 Å². The molecule has 4 aromatic rings. The second kappa shape index (κ2) is 7.51. The van der Waals surface area contributed by atoms with Gasteiger partial charge in [0, 0.05) is 11.4 Å². The number of rotatable bonds is 4. The third-order valence-corrected chi connectivity index (χ3v) is 4.87. The second-order valence-corrected chi connectivity index (χ2v) is 6.96. The molecule has 0 spiro atoms. The van der Waals surface area contributed by atoms with E-state index >= 15 is 0 Å². The SMILES string of the molecule is Cc1ccc(Nc2ccc(-c3ccc(-c4ccccc4)cc3)cc2)c(C)c1. The maximum absolute atomic E-state index is 3.51. The molecule has 4 aromatic carbocycles. The molecular weight excluding hydrogens is 326 g/mol. The van der Waals surface area contributed by atoms with Crippen LogP contribution >= 0.6 is 0 Å². The van der Waals surface area contributed by atoms with Crippen LogP contribution < -0.4 is 5.32 Å². The monoisotopic (exact) mass is 349 g/mol. The van der Waals surface area contributed by atoms with Crippen molar-refractivity contribution < 1.29 is 0 Å². The minimum absolute atomic E-state index is 1.10. The van der Waals surface area contributed by atoms with Crippen molar-refractivity contribution in [2.24, 2.45) is 0 Å². The Labute approximate surface area is 161 Å². The van der Waals surface area contributed by atoms with E-state index in [9.17, 15) is 0 Å². The lowest BCUT2D eigenvalue weighted by atomic mass is 10.0. The van der Waals surface area contributed by atoms with Gasteiger partial charge in [0.25, 0.3) is 0 Å². The molecule has 0 saturated carbocycles. The van der Waals surface area contributed by atoms with Crippen LogP contribution in [0.25, 0.3) is 22.3 Å². The molecule has 0 saturated heterocycles. The van der Waals surface area contributed by atoms with Gasteiger partial charge in [-0.1, -0.05) is 84.4 Å². The van der Waals surface area contributed by atoms with Crippen molar-refractivity contribution in [3.63, 3.8) is 0 Å². The average Bonchev–Trinajstić information content (AvgIpc) is 2.71. The van der Waals surface area contributed by atoms with Gasteiger partial charge in [-0.3, -0.25) is 0 Å². The van der Waals surface area contributed by atoms with E-state index in [0.717, 1.165) is 11.4 Å². The number of anilines is 2. The predicted molar refractivity (Wildman–Crippen MR) is 117 cm³/mol. The quantitative estimate of drug-likeness (QED) is 0.405. The average molecular weight is 349 g/mol. The summed E-state index contributed by atoms with van der Waals surface area (Å²) in [5.74, 6) is 0. The van der Waals surface area contributed by atoms with Crippen molar-refractivity contribution in [1.29, 1.82) is 0 Å². The summed E-state index contributed by atoms with van der Waals surface area (Å²) in [6.07, 6.45) is 0. The first-order chi connectivity index (χ1) is 13.2. The highest BCUT2D eigenvalue weighted by Crippen LogP contribution is 2.27. The Morgan fingerprint density at radius 2 is 1.04 bits per heavy atom. The van der Waals surface area contributed by atoms with Gasteiger partial charge >= 0.3 is 0 Å². The van der Waals surface area contributed by atoms with Crippen LogP contribution in [-0.4, -0.2) is 0 Å². The highest BCUT2D eigenvalue weighted by Gasteiger charge is 2.02. The molecule has 132 valence electrons. The van der Waals surface area contributed by atoms with Gasteiger partial charge in [0.15, 0.2) is 0 Å². The van der Waals surface area contributed by atoms with Crippen LogP contribution in [0.2, 0.25) is 0 Å². The van der Waals surface area contributed by atoms with Crippen LogP contribution in [0.1, 0.15) is 11.1 Å². The number of benzene rings is 4. The third kappa shape index (κ3) is 3.93. The van der Waals surface area contributed by atoms with Crippen LogP contribution in [0, 0.1) is 13.8 Å². The van der Waals surface area contributed by atoms with E-state index in [1.807, 2.05) is 6.07 Å². The van der Waals surface area contributed by atoms with E-state index in [2.05, 4.69) is 110 Å². The molecule has 0 heterocycles. The van der Waals surface area contributed by atoms with Gasteiger partial charge in [-0.15, -0.1) is 0 Å². The highest BCUT2D eigenvalue weighted by atomic mass is 14.9. The molecule has 1 N–H and O–H groups in total. The van der Waals surface area contributed by atoms with Gasteiger partial charge in [-0.2, -0.15) is 0 Å². The van der Waals surface area contributed by atoms with Crippen LogP contribution in [0.3, 0.4) is 0 Å². The third-order valence-electron chi connectivity index (χ3n) is 4.87. The topological polar surface area (TPSA) is 12.0 Å². The van der Waals surface area contributed by atoms with Crippen molar-refractivity contribution in [3.8, 4) is 22.3 Å². The first-order valence-electron chi connectivity index (χ1n) is 9.29. The molecule has 0 aliphatic heterocycles. The summed E-state index contributed by atoms with van der Waals surface area (Å²) in [5, 5.41) is 3.51. The maximum atomic E-state index is 3.51. The Morgan fingerprint density at radius 1 is 0.519 bits per heavy atom. The van der Waals surface area contributed by atoms with Crippen LogP contribution in [0.15, 0.2) is 97.1 Å². The molecule has 0 atom stereocenters. The number of aryl methyl sites for hydroxylation is 2. The molecule has 0 radical (unpaired) electrons. The standard InChI is InChI=1S/C26H23N/c1-19-8-17-26(20(2)18-19)27-25-15-13-24(14-16-25)23-11-9-22(10-12-23)21-6-4-3-5-7-21/h3-18,27H,1-2H3. The molecule has 0 aliphatic rings. The Bertz CT molecular complexity index is 1030. The van der Waals surface area contributed by atoms with Gasteiger partial charge < -0.3 is 5.32 Å². The second-order valence-electron chi connectivity index (χ2n) is 6.96. The highest BCUT2D eigenvalue weighted by molar-refractivity contribution is 5.72. The van der Waals surface area contributed by atoms with E-state index in [1.165, 1.54) is 33.4 Å². The Kier molecular flexibility index (Phi) is 4.76. The zero-order chi connectivity index (χ0) is 18.6. The van der Waals surface area contributed by atoms with Crippen LogP contribution in [0.4, 0.5) is 11.4 Å². The van der Waals surface area contributed by atoms with E-state index < -0.39 is 0 Å². The minimum atomic E-state index is 1.10. The molecule has 0 unspecified atom stereocenters. The van der Waals surface area contributed by atoms with E-state index in [-0.39, 0.29) is 0 Å². The summed E-state index contributed by atoms with van der Waals surface area (Å²) >= 11 is 0. The first-order valence-corrected chi connectivity index (χ1v) is 9.29. The fraction of sp³-hybridized carbons (Fsp3) is 0.0769. The van der Waals surface area contributed by atoms with E-state index in [1.54, 1.807) is 0 Å². The number of nitrogens with one attached hydrogen (secondary N) is 1. The van der Waals surface area contributed by atoms with Gasteiger partial charge in [0.1, 0.15) is 0 Å². The molecular formula is C26H23N. The largest absolute Gasteiger partial charge is 0.355 e. The minimum Gasteiger partial charge on any atom is -0.355 e. The molecule has 1 nitrogen and oxygen atoms in total.